The zero-order valence-electron chi connectivity index (χ0n) is 11.2. The van der Waals surface area contributed by atoms with E-state index in [1.54, 1.807) is 11.3 Å². The summed E-state index contributed by atoms with van der Waals surface area (Å²) in [5, 5.41) is 0. The number of thiophene rings is 1. The molecule has 2 N–H and O–H groups in total. The fraction of sp³-hybridized carbons (Fsp3) is 0.375. The quantitative estimate of drug-likeness (QED) is 0.819. The van der Waals surface area contributed by atoms with E-state index in [1.807, 2.05) is 0 Å². The number of nitrogens with two attached hydrogens (primary N) is 1. The molecule has 1 aliphatic carbocycles. The van der Waals surface area contributed by atoms with E-state index in [2.05, 4.69) is 6.07 Å². The van der Waals surface area contributed by atoms with Crippen LogP contribution in [0.25, 0.3) is 0 Å². The van der Waals surface area contributed by atoms with Crippen molar-refractivity contribution in [1.29, 1.82) is 0 Å². The van der Waals surface area contributed by atoms with Crippen LogP contribution in [0.3, 0.4) is 0 Å². The Morgan fingerprint density at radius 3 is 2.70 bits per heavy atom. The van der Waals surface area contributed by atoms with Crippen LogP contribution >= 0.6 is 11.3 Å². The average Bonchev–Trinajstić information content (AvgIpc) is 2.72. The lowest BCUT2D eigenvalue weighted by Crippen LogP contribution is -2.12. The first-order valence-electron chi connectivity index (χ1n) is 6.97. The van der Waals surface area contributed by atoms with E-state index in [1.165, 1.54) is 35.8 Å². The fourth-order valence-electron chi connectivity index (χ4n) is 2.75. The Labute approximate surface area is 121 Å². The lowest BCUT2D eigenvalue weighted by molar-refractivity contribution is 0.577. The molecule has 1 heterocycles. The molecule has 1 aromatic carbocycles. The van der Waals surface area contributed by atoms with Gasteiger partial charge in [-0.1, -0.05) is 6.42 Å². The molecule has 1 unspecified atom stereocenters. The fourth-order valence-corrected chi connectivity index (χ4v) is 4.03. The molecule has 1 aliphatic rings. The zero-order chi connectivity index (χ0) is 14.1. The van der Waals surface area contributed by atoms with Crippen LogP contribution in [0.15, 0.2) is 24.3 Å². The highest BCUT2D eigenvalue weighted by Gasteiger charge is 2.20. The first-order chi connectivity index (χ1) is 9.65. The molecule has 0 radical (unpaired) electrons. The summed E-state index contributed by atoms with van der Waals surface area (Å²) in [5.74, 6) is -0.891. The van der Waals surface area contributed by atoms with Gasteiger partial charge in [0.25, 0.3) is 0 Å². The van der Waals surface area contributed by atoms with Crippen LogP contribution in [0.5, 0.6) is 0 Å². The van der Waals surface area contributed by atoms with Crippen molar-refractivity contribution in [2.75, 3.05) is 0 Å². The Balaban J connectivity index is 1.94. The van der Waals surface area contributed by atoms with Gasteiger partial charge in [-0.05, 0) is 55.5 Å². The van der Waals surface area contributed by atoms with Crippen molar-refractivity contribution >= 4 is 11.3 Å². The highest BCUT2D eigenvalue weighted by molar-refractivity contribution is 7.12. The van der Waals surface area contributed by atoms with Crippen molar-refractivity contribution in [3.63, 3.8) is 0 Å². The Bertz CT molecular complexity index is 597. The second kappa shape index (κ2) is 5.62. The van der Waals surface area contributed by atoms with Crippen LogP contribution in [0.1, 0.15) is 46.2 Å². The minimum Gasteiger partial charge on any atom is -0.320 e. The van der Waals surface area contributed by atoms with Crippen molar-refractivity contribution in [3.8, 4) is 0 Å². The lowest BCUT2D eigenvalue weighted by Gasteiger charge is -2.11. The number of aryl methyl sites for hydroxylation is 2. The maximum atomic E-state index is 13.8. The number of hydrogen-bond acceptors (Lipinski definition) is 2. The van der Waals surface area contributed by atoms with E-state index in [-0.39, 0.29) is 5.56 Å². The summed E-state index contributed by atoms with van der Waals surface area (Å²) in [4.78, 5) is 2.30. The summed E-state index contributed by atoms with van der Waals surface area (Å²) in [6.45, 7) is 0. The van der Waals surface area contributed by atoms with Crippen LogP contribution in [0.4, 0.5) is 8.78 Å². The van der Waals surface area contributed by atoms with E-state index < -0.39 is 17.7 Å². The van der Waals surface area contributed by atoms with Gasteiger partial charge in [-0.15, -0.1) is 11.3 Å². The number of fused-ring (bicyclic) bond motifs is 1. The third-order valence-corrected chi connectivity index (χ3v) is 5.19. The molecular weight excluding hydrogens is 276 g/mol. The van der Waals surface area contributed by atoms with Crippen molar-refractivity contribution in [3.05, 3.63) is 56.8 Å². The Kier molecular flexibility index (Phi) is 3.85. The van der Waals surface area contributed by atoms with Gasteiger partial charge in [-0.3, -0.25) is 0 Å². The molecule has 1 nitrogen and oxygen atoms in total. The normalized spacial score (nSPS) is 16.6. The number of rotatable bonds is 2. The van der Waals surface area contributed by atoms with E-state index in [0.29, 0.717) is 0 Å². The molecule has 0 saturated carbocycles. The largest absolute Gasteiger partial charge is 0.320 e. The average molecular weight is 293 g/mol. The van der Waals surface area contributed by atoms with E-state index in [0.717, 1.165) is 29.9 Å². The standard InChI is InChI=1S/C16H17F2NS/c17-11-6-7-13(18)12(9-11)16(19)15-8-10-4-2-1-3-5-14(10)20-15/h6-9,16H,1-5,19H2. The molecule has 1 atom stereocenters. The van der Waals surface area contributed by atoms with Crippen LogP contribution in [0, 0.1) is 11.6 Å². The van der Waals surface area contributed by atoms with Crippen LogP contribution in [-0.2, 0) is 12.8 Å². The van der Waals surface area contributed by atoms with Crippen LogP contribution < -0.4 is 5.73 Å². The Morgan fingerprint density at radius 1 is 1.05 bits per heavy atom. The van der Waals surface area contributed by atoms with E-state index >= 15 is 0 Å². The molecule has 20 heavy (non-hydrogen) atoms. The monoisotopic (exact) mass is 293 g/mol. The molecule has 0 fully saturated rings. The second-order valence-electron chi connectivity index (χ2n) is 5.30. The second-order valence-corrected chi connectivity index (χ2v) is 6.47. The Hall–Kier alpha value is -1.26. The molecule has 0 amide bonds. The van der Waals surface area contributed by atoms with Gasteiger partial charge in [0, 0.05) is 15.3 Å². The smallest absolute Gasteiger partial charge is 0.128 e. The minimum absolute atomic E-state index is 0.237. The first kappa shape index (κ1) is 13.7. The summed E-state index contributed by atoms with van der Waals surface area (Å²) in [7, 11) is 0. The van der Waals surface area contributed by atoms with E-state index in [4.69, 9.17) is 5.73 Å². The molecule has 0 aliphatic heterocycles. The summed E-state index contributed by atoms with van der Waals surface area (Å²) < 4.78 is 27.1. The van der Waals surface area contributed by atoms with Gasteiger partial charge in [0.15, 0.2) is 0 Å². The zero-order valence-corrected chi connectivity index (χ0v) is 12.0. The third-order valence-electron chi connectivity index (χ3n) is 3.87. The van der Waals surface area contributed by atoms with Crippen molar-refractivity contribution in [2.45, 2.75) is 38.1 Å². The van der Waals surface area contributed by atoms with Gasteiger partial charge in [0.1, 0.15) is 11.6 Å². The predicted octanol–water partition coefficient (Wildman–Crippen LogP) is 4.34. The molecule has 4 heteroatoms. The molecule has 0 saturated heterocycles. The Morgan fingerprint density at radius 2 is 1.85 bits per heavy atom. The number of halogens is 2. The van der Waals surface area contributed by atoms with Gasteiger partial charge >= 0.3 is 0 Å². The summed E-state index contributed by atoms with van der Waals surface area (Å²) in [5.41, 5.74) is 7.72. The maximum absolute atomic E-state index is 13.8. The molecule has 1 aromatic heterocycles. The molecule has 2 aromatic rings. The van der Waals surface area contributed by atoms with Crippen molar-refractivity contribution in [1.82, 2.24) is 0 Å². The summed E-state index contributed by atoms with van der Waals surface area (Å²) >= 11 is 1.65. The van der Waals surface area contributed by atoms with Gasteiger partial charge < -0.3 is 5.73 Å². The van der Waals surface area contributed by atoms with Gasteiger partial charge in [0.05, 0.1) is 6.04 Å². The topological polar surface area (TPSA) is 26.0 Å². The molecule has 0 bridgehead atoms. The molecule has 3 rings (SSSR count). The lowest BCUT2D eigenvalue weighted by atomic mass is 10.0. The van der Waals surface area contributed by atoms with Gasteiger partial charge in [0.2, 0.25) is 0 Å². The van der Waals surface area contributed by atoms with E-state index in [9.17, 15) is 8.78 Å². The number of benzene rings is 1. The van der Waals surface area contributed by atoms with Crippen LogP contribution in [-0.4, -0.2) is 0 Å². The first-order valence-corrected chi connectivity index (χ1v) is 7.79. The van der Waals surface area contributed by atoms with Crippen molar-refractivity contribution < 1.29 is 8.78 Å². The van der Waals surface area contributed by atoms with Gasteiger partial charge in [-0.2, -0.15) is 0 Å². The molecular formula is C16H17F2NS. The summed E-state index contributed by atoms with van der Waals surface area (Å²) in [6, 6.07) is 4.96. The molecule has 106 valence electrons. The SMILES string of the molecule is NC(c1cc2c(s1)CCCCC2)c1cc(F)ccc1F. The maximum Gasteiger partial charge on any atom is 0.128 e. The number of hydrogen-bond donors (Lipinski definition) is 1. The highest BCUT2D eigenvalue weighted by atomic mass is 32.1. The third kappa shape index (κ3) is 2.63. The van der Waals surface area contributed by atoms with Gasteiger partial charge in [-0.25, -0.2) is 8.78 Å². The van der Waals surface area contributed by atoms with Crippen LogP contribution in [0.2, 0.25) is 0 Å². The molecule has 0 spiro atoms. The minimum atomic E-state index is -0.581. The highest BCUT2D eigenvalue weighted by Crippen LogP contribution is 2.34. The predicted molar refractivity (Wildman–Crippen MR) is 78.0 cm³/mol. The summed E-state index contributed by atoms with van der Waals surface area (Å²) in [6.07, 6.45) is 5.83. The van der Waals surface area contributed by atoms with Crippen molar-refractivity contribution in [2.24, 2.45) is 5.73 Å².